The van der Waals surface area contributed by atoms with Gasteiger partial charge in [0.2, 0.25) is 0 Å². The van der Waals surface area contributed by atoms with Gasteiger partial charge in [0, 0.05) is 28.8 Å². The van der Waals surface area contributed by atoms with Gasteiger partial charge >= 0.3 is 0 Å². The monoisotopic (exact) mass is 305 g/mol. The Balaban J connectivity index is 1.63. The summed E-state index contributed by atoms with van der Waals surface area (Å²) in [6, 6.07) is 9.01. The molecule has 1 fully saturated rings. The van der Waals surface area contributed by atoms with E-state index in [4.69, 9.17) is 0 Å². The molecule has 0 radical (unpaired) electrons. The summed E-state index contributed by atoms with van der Waals surface area (Å²) in [4.78, 5) is 0. The minimum atomic E-state index is 0.747. The normalized spacial score (nSPS) is 14.9. The van der Waals surface area contributed by atoms with Gasteiger partial charge in [-0.15, -0.1) is 0 Å². The second-order valence-corrected chi connectivity index (χ2v) is 5.65. The predicted octanol–water partition coefficient (Wildman–Crippen LogP) is 2.95. The molecule has 1 saturated carbocycles. The van der Waals surface area contributed by atoms with Crippen molar-refractivity contribution in [3.63, 3.8) is 0 Å². The lowest BCUT2D eigenvalue weighted by molar-refractivity contribution is 0.674. The molecule has 0 bridgehead atoms. The fraction of sp³-hybridized carbons (Fsp3) is 0.357. The molecular weight excluding hydrogens is 290 g/mol. The molecule has 2 aromatic rings. The quantitative estimate of drug-likeness (QED) is 0.920. The topological polar surface area (TPSA) is 29.9 Å². The van der Waals surface area contributed by atoms with Crippen molar-refractivity contribution >= 4 is 15.9 Å². The van der Waals surface area contributed by atoms with Gasteiger partial charge in [-0.2, -0.15) is 5.10 Å². The van der Waals surface area contributed by atoms with E-state index in [1.54, 1.807) is 0 Å². The van der Waals surface area contributed by atoms with E-state index in [1.807, 2.05) is 16.9 Å². The number of rotatable bonds is 5. The van der Waals surface area contributed by atoms with E-state index >= 15 is 0 Å². The van der Waals surface area contributed by atoms with Crippen LogP contribution < -0.4 is 5.32 Å². The zero-order chi connectivity index (χ0) is 12.4. The molecule has 0 amide bonds. The van der Waals surface area contributed by atoms with Crippen LogP contribution in [0.25, 0.3) is 0 Å². The summed E-state index contributed by atoms with van der Waals surface area (Å²) in [6.45, 7) is 1.74. The molecule has 1 aromatic heterocycles. The van der Waals surface area contributed by atoms with Crippen LogP contribution in [0.4, 0.5) is 0 Å². The van der Waals surface area contributed by atoms with Crippen LogP contribution >= 0.6 is 15.9 Å². The molecule has 18 heavy (non-hydrogen) atoms. The summed E-state index contributed by atoms with van der Waals surface area (Å²) in [5.41, 5.74) is 2.51. The minimum absolute atomic E-state index is 0.747. The third-order valence-corrected chi connectivity index (χ3v) is 3.92. The van der Waals surface area contributed by atoms with Gasteiger partial charge in [0.05, 0.1) is 12.7 Å². The van der Waals surface area contributed by atoms with E-state index in [1.165, 1.54) is 24.0 Å². The van der Waals surface area contributed by atoms with Crippen molar-refractivity contribution in [1.29, 1.82) is 0 Å². The molecular formula is C14H16BrN3. The zero-order valence-corrected chi connectivity index (χ0v) is 11.7. The van der Waals surface area contributed by atoms with Crippen LogP contribution in [0.3, 0.4) is 0 Å². The van der Waals surface area contributed by atoms with Crippen LogP contribution in [0.15, 0.2) is 41.1 Å². The van der Waals surface area contributed by atoms with Gasteiger partial charge in [-0.25, -0.2) is 0 Å². The predicted molar refractivity (Wildman–Crippen MR) is 75.3 cm³/mol. The maximum Gasteiger partial charge on any atom is 0.0670 e. The van der Waals surface area contributed by atoms with Crippen LogP contribution in [0.1, 0.15) is 24.0 Å². The summed E-state index contributed by atoms with van der Waals surface area (Å²) in [7, 11) is 0. The van der Waals surface area contributed by atoms with Gasteiger partial charge in [0.25, 0.3) is 0 Å². The highest BCUT2D eigenvalue weighted by atomic mass is 79.9. The number of aromatic nitrogens is 2. The number of nitrogens with zero attached hydrogens (tertiary/aromatic N) is 2. The number of benzene rings is 1. The molecule has 0 saturated heterocycles. The Morgan fingerprint density at radius 3 is 2.94 bits per heavy atom. The third kappa shape index (κ3) is 3.00. The van der Waals surface area contributed by atoms with E-state index < -0.39 is 0 Å². The second-order valence-electron chi connectivity index (χ2n) is 4.79. The Morgan fingerprint density at radius 2 is 2.17 bits per heavy atom. The number of nitrogens with one attached hydrogen (secondary N) is 1. The number of halogens is 1. The molecule has 0 aliphatic heterocycles. The molecule has 0 unspecified atom stereocenters. The fourth-order valence-corrected chi connectivity index (χ4v) is 2.35. The van der Waals surface area contributed by atoms with E-state index in [9.17, 15) is 0 Å². The molecule has 1 aliphatic rings. The standard InChI is InChI=1S/C14H16BrN3/c15-14-4-2-1-3-12(14)10-18-9-11(8-17-18)7-16-13-5-6-13/h1-4,8-9,13,16H,5-7,10H2. The van der Waals surface area contributed by atoms with E-state index in [0.717, 1.165) is 23.6 Å². The van der Waals surface area contributed by atoms with Crippen LogP contribution in [0.5, 0.6) is 0 Å². The van der Waals surface area contributed by atoms with E-state index in [-0.39, 0.29) is 0 Å². The average molecular weight is 306 g/mol. The molecule has 0 atom stereocenters. The fourth-order valence-electron chi connectivity index (χ4n) is 1.93. The number of hydrogen-bond acceptors (Lipinski definition) is 2. The van der Waals surface area contributed by atoms with E-state index in [0.29, 0.717) is 0 Å². The molecule has 1 aromatic carbocycles. The van der Waals surface area contributed by atoms with Crippen molar-refractivity contribution in [2.24, 2.45) is 0 Å². The maximum absolute atomic E-state index is 4.41. The minimum Gasteiger partial charge on any atom is -0.310 e. The first-order valence-electron chi connectivity index (χ1n) is 6.29. The lowest BCUT2D eigenvalue weighted by atomic mass is 10.2. The third-order valence-electron chi connectivity index (χ3n) is 3.15. The molecule has 0 spiro atoms. The zero-order valence-electron chi connectivity index (χ0n) is 10.1. The maximum atomic E-state index is 4.41. The molecule has 1 N–H and O–H groups in total. The Hall–Kier alpha value is -1.13. The Bertz CT molecular complexity index is 531. The molecule has 3 nitrogen and oxygen atoms in total. The molecule has 94 valence electrons. The largest absolute Gasteiger partial charge is 0.310 e. The summed E-state index contributed by atoms with van der Waals surface area (Å²) >= 11 is 3.57. The average Bonchev–Trinajstić information content (AvgIpc) is 3.10. The molecule has 1 heterocycles. The van der Waals surface area contributed by atoms with Gasteiger partial charge < -0.3 is 5.32 Å². The summed E-state index contributed by atoms with van der Waals surface area (Å²) in [5, 5.41) is 7.91. The lowest BCUT2D eigenvalue weighted by Gasteiger charge is -2.04. The van der Waals surface area contributed by atoms with Crippen LogP contribution in [-0.4, -0.2) is 15.8 Å². The van der Waals surface area contributed by atoms with Crippen molar-refractivity contribution in [2.45, 2.75) is 32.0 Å². The summed E-state index contributed by atoms with van der Waals surface area (Å²) in [6.07, 6.45) is 6.72. The van der Waals surface area contributed by atoms with Gasteiger partial charge in [0.15, 0.2) is 0 Å². The van der Waals surface area contributed by atoms with Crippen molar-refractivity contribution < 1.29 is 0 Å². The van der Waals surface area contributed by atoms with Crippen molar-refractivity contribution in [2.75, 3.05) is 0 Å². The van der Waals surface area contributed by atoms with Crippen LogP contribution in [-0.2, 0) is 13.1 Å². The second kappa shape index (κ2) is 5.24. The van der Waals surface area contributed by atoms with Gasteiger partial charge in [-0.1, -0.05) is 34.1 Å². The first-order valence-corrected chi connectivity index (χ1v) is 7.09. The van der Waals surface area contributed by atoms with Gasteiger partial charge in [0.1, 0.15) is 0 Å². The Kier molecular flexibility index (Phi) is 3.48. The highest BCUT2D eigenvalue weighted by Crippen LogP contribution is 2.19. The highest BCUT2D eigenvalue weighted by molar-refractivity contribution is 9.10. The number of hydrogen-bond donors (Lipinski definition) is 1. The first kappa shape index (κ1) is 11.9. The summed E-state index contributed by atoms with van der Waals surface area (Å²) < 4.78 is 3.13. The SMILES string of the molecule is Brc1ccccc1Cn1cc(CNC2CC2)cn1. The summed E-state index contributed by atoms with van der Waals surface area (Å²) in [5.74, 6) is 0. The van der Waals surface area contributed by atoms with E-state index in [2.05, 4.69) is 50.7 Å². The Morgan fingerprint density at radius 1 is 1.33 bits per heavy atom. The van der Waals surface area contributed by atoms with Crippen molar-refractivity contribution in [3.8, 4) is 0 Å². The lowest BCUT2D eigenvalue weighted by Crippen LogP contribution is -2.14. The Labute approximate surface area is 115 Å². The highest BCUT2D eigenvalue weighted by Gasteiger charge is 2.20. The van der Waals surface area contributed by atoms with Gasteiger partial charge in [-0.3, -0.25) is 4.68 Å². The van der Waals surface area contributed by atoms with Crippen LogP contribution in [0.2, 0.25) is 0 Å². The smallest absolute Gasteiger partial charge is 0.0670 e. The molecule has 1 aliphatic carbocycles. The van der Waals surface area contributed by atoms with Gasteiger partial charge in [-0.05, 0) is 24.5 Å². The van der Waals surface area contributed by atoms with Crippen LogP contribution in [0, 0.1) is 0 Å². The first-order chi connectivity index (χ1) is 8.81. The molecule has 3 rings (SSSR count). The van der Waals surface area contributed by atoms with Crippen molar-refractivity contribution in [1.82, 2.24) is 15.1 Å². The van der Waals surface area contributed by atoms with Crippen molar-refractivity contribution in [3.05, 3.63) is 52.3 Å². The molecule has 4 heteroatoms.